The average molecular weight is 227 g/mol. The number of nitrogens with one attached hydrogen (secondary N) is 1. The van der Waals surface area contributed by atoms with E-state index in [2.05, 4.69) is 22.2 Å². The topological polar surface area (TPSA) is 27.7 Å². The van der Waals surface area contributed by atoms with Crippen molar-refractivity contribution >= 4 is 0 Å². The van der Waals surface area contributed by atoms with Crippen LogP contribution < -0.4 is 5.32 Å². The van der Waals surface area contributed by atoms with E-state index in [4.69, 9.17) is 4.74 Å². The van der Waals surface area contributed by atoms with Crippen LogP contribution in [0.25, 0.3) is 0 Å². The Kier molecular flexibility index (Phi) is 5.03. The molecule has 0 aromatic rings. The number of piperazine rings is 1. The van der Waals surface area contributed by atoms with E-state index in [0.29, 0.717) is 0 Å². The molecule has 2 fully saturated rings. The lowest BCUT2D eigenvalue weighted by Crippen LogP contribution is -2.48. The lowest BCUT2D eigenvalue weighted by molar-refractivity contribution is 0.0457. The summed E-state index contributed by atoms with van der Waals surface area (Å²) in [6.07, 6.45) is 2.48. The molecule has 0 aromatic heterocycles. The molecule has 2 aliphatic rings. The van der Waals surface area contributed by atoms with Crippen LogP contribution in [-0.4, -0.2) is 69.5 Å². The summed E-state index contributed by atoms with van der Waals surface area (Å²) in [5, 5.41) is 3.39. The van der Waals surface area contributed by atoms with Crippen molar-refractivity contribution in [1.29, 1.82) is 0 Å². The molecule has 16 heavy (non-hydrogen) atoms. The van der Waals surface area contributed by atoms with Crippen molar-refractivity contribution in [3.63, 3.8) is 0 Å². The van der Waals surface area contributed by atoms with Gasteiger partial charge >= 0.3 is 0 Å². The smallest absolute Gasteiger partial charge is 0.0504 e. The molecule has 0 bridgehead atoms. The second-order valence-electron chi connectivity index (χ2n) is 5.10. The predicted molar refractivity (Wildman–Crippen MR) is 65.5 cm³/mol. The van der Waals surface area contributed by atoms with Crippen molar-refractivity contribution in [2.75, 3.05) is 59.7 Å². The van der Waals surface area contributed by atoms with Crippen molar-refractivity contribution in [3.8, 4) is 0 Å². The first kappa shape index (κ1) is 12.3. The Balaban J connectivity index is 1.64. The third-order valence-corrected chi connectivity index (χ3v) is 3.56. The minimum absolute atomic E-state index is 0.849. The molecular weight excluding hydrogens is 202 g/mol. The van der Waals surface area contributed by atoms with Crippen molar-refractivity contribution < 1.29 is 4.74 Å². The first-order valence-corrected chi connectivity index (χ1v) is 6.54. The second kappa shape index (κ2) is 6.55. The lowest BCUT2D eigenvalue weighted by Gasteiger charge is -2.33. The molecule has 4 nitrogen and oxygen atoms in total. The van der Waals surface area contributed by atoms with Gasteiger partial charge in [-0.25, -0.2) is 0 Å². The number of rotatable bonds is 4. The average Bonchev–Trinajstić information content (AvgIpc) is 2.31. The number of hydrogen-bond acceptors (Lipinski definition) is 4. The number of hydrogen-bond donors (Lipinski definition) is 1. The van der Waals surface area contributed by atoms with Gasteiger partial charge in [-0.1, -0.05) is 0 Å². The molecule has 0 unspecified atom stereocenters. The summed E-state index contributed by atoms with van der Waals surface area (Å²) in [6, 6.07) is 0. The Hall–Kier alpha value is -0.160. The standard InChI is InChI=1S/C12H25N3O/c1-14(10-12-2-8-16-9-3-12)11-15-6-4-13-5-7-15/h12-13H,2-11H2,1H3. The summed E-state index contributed by atoms with van der Waals surface area (Å²) in [4.78, 5) is 5.01. The molecule has 0 radical (unpaired) electrons. The highest BCUT2D eigenvalue weighted by atomic mass is 16.5. The molecule has 0 atom stereocenters. The van der Waals surface area contributed by atoms with Crippen LogP contribution in [0.5, 0.6) is 0 Å². The minimum Gasteiger partial charge on any atom is -0.381 e. The maximum Gasteiger partial charge on any atom is 0.0504 e. The molecule has 0 saturated carbocycles. The van der Waals surface area contributed by atoms with Crippen LogP contribution in [-0.2, 0) is 4.74 Å². The molecule has 0 spiro atoms. The van der Waals surface area contributed by atoms with E-state index < -0.39 is 0 Å². The van der Waals surface area contributed by atoms with Gasteiger partial charge in [0.2, 0.25) is 0 Å². The fourth-order valence-electron chi connectivity index (χ4n) is 2.62. The van der Waals surface area contributed by atoms with Crippen LogP contribution in [0.1, 0.15) is 12.8 Å². The molecule has 4 heteroatoms. The van der Waals surface area contributed by atoms with E-state index in [0.717, 1.165) is 38.9 Å². The Bertz CT molecular complexity index is 169. The zero-order valence-electron chi connectivity index (χ0n) is 10.5. The summed E-state index contributed by atoms with van der Waals surface area (Å²) < 4.78 is 5.39. The van der Waals surface area contributed by atoms with Crippen molar-refractivity contribution in [3.05, 3.63) is 0 Å². The summed E-state index contributed by atoms with van der Waals surface area (Å²) in [7, 11) is 2.25. The quantitative estimate of drug-likeness (QED) is 0.743. The largest absolute Gasteiger partial charge is 0.381 e. The number of ether oxygens (including phenoxy) is 1. The highest BCUT2D eigenvalue weighted by Gasteiger charge is 2.17. The summed E-state index contributed by atoms with van der Waals surface area (Å²) in [5.41, 5.74) is 0. The fraction of sp³-hybridized carbons (Fsp3) is 1.00. The van der Waals surface area contributed by atoms with E-state index in [1.54, 1.807) is 0 Å². The monoisotopic (exact) mass is 227 g/mol. The molecule has 0 amide bonds. The molecule has 2 rings (SSSR count). The molecule has 2 aliphatic heterocycles. The number of nitrogens with zero attached hydrogens (tertiary/aromatic N) is 2. The normalized spacial score (nSPS) is 25.1. The Morgan fingerprint density at radius 2 is 1.94 bits per heavy atom. The van der Waals surface area contributed by atoms with Gasteiger partial charge in [-0.2, -0.15) is 0 Å². The van der Waals surface area contributed by atoms with Crippen LogP contribution >= 0.6 is 0 Å². The third-order valence-electron chi connectivity index (χ3n) is 3.56. The summed E-state index contributed by atoms with van der Waals surface area (Å²) in [6.45, 7) is 8.96. The molecule has 2 saturated heterocycles. The highest BCUT2D eigenvalue weighted by molar-refractivity contribution is 4.70. The van der Waals surface area contributed by atoms with Crippen molar-refractivity contribution in [1.82, 2.24) is 15.1 Å². The molecule has 1 N–H and O–H groups in total. The Morgan fingerprint density at radius 3 is 2.62 bits per heavy atom. The van der Waals surface area contributed by atoms with Gasteiger partial charge in [-0.3, -0.25) is 9.80 Å². The van der Waals surface area contributed by atoms with Gasteiger partial charge in [0, 0.05) is 45.9 Å². The van der Waals surface area contributed by atoms with Crippen molar-refractivity contribution in [2.45, 2.75) is 12.8 Å². The van der Waals surface area contributed by atoms with Gasteiger partial charge in [0.25, 0.3) is 0 Å². The predicted octanol–water partition coefficient (Wildman–Crippen LogP) is 0.208. The van der Waals surface area contributed by atoms with E-state index in [9.17, 15) is 0 Å². The van der Waals surface area contributed by atoms with Gasteiger partial charge in [-0.05, 0) is 25.8 Å². The van der Waals surface area contributed by atoms with E-state index in [1.165, 1.54) is 32.5 Å². The molecule has 2 heterocycles. The minimum atomic E-state index is 0.849. The van der Waals surface area contributed by atoms with Gasteiger partial charge in [0.05, 0.1) is 6.67 Å². The van der Waals surface area contributed by atoms with Crippen LogP contribution in [0.3, 0.4) is 0 Å². The van der Waals surface area contributed by atoms with Crippen LogP contribution in [0.4, 0.5) is 0 Å². The maximum absolute atomic E-state index is 5.39. The Labute approximate surface area is 98.9 Å². The third kappa shape index (κ3) is 4.01. The van der Waals surface area contributed by atoms with Gasteiger partial charge in [0.1, 0.15) is 0 Å². The van der Waals surface area contributed by atoms with Gasteiger partial charge in [-0.15, -0.1) is 0 Å². The fourth-order valence-corrected chi connectivity index (χ4v) is 2.62. The SMILES string of the molecule is CN(CC1CCOCC1)CN1CCNCC1. The van der Waals surface area contributed by atoms with Crippen LogP contribution in [0, 0.1) is 5.92 Å². The molecular formula is C12H25N3O. The van der Waals surface area contributed by atoms with Gasteiger partial charge < -0.3 is 10.1 Å². The van der Waals surface area contributed by atoms with Crippen LogP contribution in [0.15, 0.2) is 0 Å². The zero-order chi connectivity index (χ0) is 11.2. The first-order valence-electron chi connectivity index (χ1n) is 6.54. The summed E-state index contributed by atoms with van der Waals surface area (Å²) in [5.74, 6) is 0.849. The van der Waals surface area contributed by atoms with Crippen LogP contribution in [0.2, 0.25) is 0 Å². The van der Waals surface area contributed by atoms with E-state index in [1.807, 2.05) is 0 Å². The maximum atomic E-state index is 5.39. The Morgan fingerprint density at radius 1 is 1.25 bits per heavy atom. The van der Waals surface area contributed by atoms with Gasteiger partial charge in [0.15, 0.2) is 0 Å². The highest BCUT2D eigenvalue weighted by Crippen LogP contribution is 2.15. The van der Waals surface area contributed by atoms with Crippen molar-refractivity contribution in [2.24, 2.45) is 5.92 Å². The summed E-state index contributed by atoms with van der Waals surface area (Å²) >= 11 is 0. The van der Waals surface area contributed by atoms with E-state index in [-0.39, 0.29) is 0 Å². The second-order valence-corrected chi connectivity index (χ2v) is 5.10. The lowest BCUT2D eigenvalue weighted by atomic mass is 10.0. The molecule has 0 aliphatic carbocycles. The zero-order valence-corrected chi connectivity index (χ0v) is 10.5. The molecule has 0 aromatic carbocycles. The van der Waals surface area contributed by atoms with E-state index >= 15 is 0 Å². The first-order chi connectivity index (χ1) is 7.84. The molecule has 94 valence electrons.